The van der Waals surface area contributed by atoms with Crippen LogP contribution in [0.3, 0.4) is 0 Å². The fourth-order valence-electron chi connectivity index (χ4n) is 2.84. The van der Waals surface area contributed by atoms with E-state index in [9.17, 15) is 13.2 Å². The Morgan fingerprint density at radius 2 is 2.00 bits per heavy atom. The number of hydrogen-bond donors (Lipinski definition) is 1. The molecule has 2 aliphatic heterocycles. The zero-order valence-electron chi connectivity index (χ0n) is 13.5. The second kappa shape index (κ2) is 7.92. The summed E-state index contributed by atoms with van der Waals surface area (Å²) in [7, 11) is -1.83. The molecule has 0 aliphatic carbocycles. The summed E-state index contributed by atoms with van der Waals surface area (Å²) in [6, 6.07) is -0.0696. The molecule has 9 heteroatoms. The molecule has 1 amide bonds. The number of nitrogens with one attached hydrogen (secondary N) is 1. The van der Waals surface area contributed by atoms with Gasteiger partial charge in [0.05, 0.1) is 6.54 Å². The van der Waals surface area contributed by atoms with E-state index >= 15 is 0 Å². The van der Waals surface area contributed by atoms with Crippen molar-refractivity contribution in [2.45, 2.75) is 38.8 Å². The highest BCUT2D eigenvalue weighted by molar-refractivity contribution is 7.86. The van der Waals surface area contributed by atoms with Gasteiger partial charge in [0.2, 0.25) is 5.91 Å². The van der Waals surface area contributed by atoms with Crippen LogP contribution in [0.2, 0.25) is 0 Å². The summed E-state index contributed by atoms with van der Waals surface area (Å²) in [6.07, 6.45) is 1.68. The third kappa shape index (κ3) is 4.11. The smallest absolute Gasteiger partial charge is 0.282 e. The van der Waals surface area contributed by atoms with Gasteiger partial charge >= 0.3 is 0 Å². The van der Waals surface area contributed by atoms with Gasteiger partial charge in [-0.25, -0.2) is 0 Å². The third-order valence-electron chi connectivity index (χ3n) is 4.34. The van der Waals surface area contributed by atoms with Gasteiger partial charge in [-0.05, 0) is 26.7 Å². The topological polar surface area (TPSA) is 73.0 Å². The van der Waals surface area contributed by atoms with Crippen molar-refractivity contribution in [3.63, 3.8) is 0 Å². The summed E-state index contributed by atoms with van der Waals surface area (Å²) < 4.78 is 28.1. The fraction of sp³-hybridized carbons (Fsp3) is 0.923. The molecule has 2 aliphatic rings. The molecule has 1 atom stereocenters. The number of halogens is 1. The number of piperazine rings is 1. The summed E-state index contributed by atoms with van der Waals surface area (Å²) in [6.45, 7) is 6.46. The van der Waals surface area contributed by atoms with Crippen LogP contribution in [0.25, 0.3) is 0 Å². The van der Waals surface area contributed by atoms with E-state index in [0.29, 0.717) is 26.2 Å². The van der Waals surface area contributed by atoms with E-state index in [1.807, 2.05) is 18.7 Å². The highest BCUT2D eigenvalue weighted by Gasteiger charge is 2.36. The lowest BCUT2D eigenvalue weighted by Gasteiger charge is -2.41. The molecule has 2 saturated heterocycles. The first-order valence-corrected chi connectivity index (χ1v) is 8.97. The van der Waals surface area contributed by atoms with Crippen LogP contribution in [-0.2, 0) is 15.0 Å². The van der Waals surface area contributed by atoms with Crippen LogP contribution in [0.1, 0.15) is 26.7 Å². The zero-order valence-corrected chi connectivity index (χ0v) is 15.1. The molecule has 7 nitrogen and oxygen atoms in total. The minimum atomic E-state index is -3.44. The predicted octanol–water partition coefficient (Wildman–Crippen LogP) is -0.111. The van der Waals surface area contributed by atoms with E-state index in [4.69, 9.17) is 0 Å². The number of carbonyl (C=O) groups excluding carboxylic acids is 1. The van der Waals surface area contributed by atoms with E-state index in [0.717, 1.165) is 19.4 Å². The summed E-state index contributed by atoms with van der Waals surface area (Å²) >= 11 is 0. The van der Waals surface area contributed by atoms with Gasteiger partial charge in [0.15, 0.2) is 0 Å². The normalized spacial score (nSPS) is 24.7. The number of rotatable bonds is 4. The fourth-order valence-corrected chi connectivity index (χ4v) is 4.46. The van der Waals surface area contributed by atoms with Crippen LogP contribution in [0.15, 0.2) is 0 Å². The monoisotopic (exact) mass is 354 g/mol. The zero-order chi connectivity index (χ0) is 15.6. The summed E-state index contributed by atoms with van der Waals surface area (Å²) in [5, 5.41) is 3.05. The van der Waals surface area contributed by atoms with Crippen molar-refractivity contribution in [2.75, 3.05) is 39.8 Å². The SMILES string of the molecule is CC(C)N(C)S(=O)(=O)N1CCCC(N2CCNCC2=O)C1.Cl. The minimum Gasteiger partial charge on any atom is -0.336 e. The Kier molecular flexibility index (Phi) is 7.07. The highest BCUT2D eigenvalue weighted by atomic mass is 35.5. The van der Waals surface area contributed by atoms with Gasteiger partial charge in [-0.15, -0.1) is 12.4 Å². The molecule has 1 N–H and O–H groups in total. The van der Waals surface area contributed by atoms with Gasteiger partial charge in [-0.1, -0.05) is 0 Å². The molecular weight excluding hydrogens is 328 g/mol. The molecule has 0 saturated carbocycles. The number of hydrogen-bond acceptors (Lipinski definition) is 4. The molecule has 0 radical (unpaired) electrons. The van der Waals surface area contributed by atoms with E-state index in [1.54, 1.807) is 7.05 Å². The van der Waals surface area contributed by atoms with Crippen molar-refractivity contribution in [2.24, 2.45) is 0 Å². The number of amides is 1. The molecule has 2 heterocycles. The molecule has 0 aromatic heterocycles. The molecule has 0 bridgehead atoms. The maximum atomic E-state index is 12.6. The van der Waals surface area contributed by atoms with Gasteiger partial charge < -0.3 is 10.2 Å². The maximum absolute atomic E-state index is 12.6. The minimum absolute atomic E-state index is 0. The first-order chi connectivity index (χ1) is 9.84. The van der Waals surface area contributed by atoms with Gasteiger partial charge in [-0.2, -0.15) is 17.0 Å². The number of piperidine rings is 1. The Morgan fingerprint density at radius 1 is 1.32 bits per heavy atom. The molecular formula is C13H27ClN4O3S. The Hall–Kier alpha value is -0.410. The third-order valence-corrected chi connectivity index (χ3v) is 6.48. The molecule has 0 aromatic carbocycles. The van der Waals surface area contributed by atoms with Crippen LogP contribution < -0.4 is 5.32 Å². The average Bonchev–Trinajstić information content (AvgIpc) is 2.47. The van der Waals surface area contributed by atoms with Crippen molar-refractivity contribution in [1.29, 1.82) is 0 Å². The van der Waals surface area contributed by atoms with Crippen molar-refractivity contribution in [3.8, 4) is 0 Å². The first kappa shape index (κ1) is 19.6. The molecule has 0 aromatic rings. The van der Waals surface area contributed by atoms with E-state index in [-0.39, 0.29) is 30.4 Å². The summed E-state index contributed by atoms with van der Waals surface area (Å²) in [5.74, 6) is 0.0720. The second-order valence-corrected chi connectivity index (χ2v) is 8.02. The first-order valence-electron chi connectivity index (χ1n) is 7.57. The van der Waals surface area contributed by atoms with Gasteiger partial charge in [0.25, 0.3) is 10.2 Å². The molecule has 1 unspecified atom stereocenters. The summed E-state index contributed by atoms with van der Waals surface area (Å²) in [5.41, 5.74) is 0. The van der Waals surface area contributed by atoms with Crippen molar-refractivity contribution in [1.82, 2.24) is 18.8 Å². The second-order valence-electron chi connectivity index (χ2n) is 6.04. The van der Waals surface area contributed by atoms with Crippen LogP contribution in [0, 0.1) is 0 Å². The summed E-state index contributed by atoms with van der Waals surface area (Å²) in [4.78, 5) is 13.8. The predicted molar refractivity (Wildman–Crippen MR) is 88.2 cm³/mol. The van der Waals surface area contributed by atoms with Gasteiger partial charge in [-0.3, -0.25) is 4.79 Å². The lowest BCUT2D eigenvalue weighted by Crippen LogP contribution is -2.58. The molecule has 130 valence electrons. The lowest BCUT2D eigenvalue weighted by atomic mass is 10.1. The van der Waals surface area contributed by atoms with Gasteiger partial charge in [0, 0.05) is 45.3 Å². The van der Waals surface area contributed by atoms with Crippen LogP contribution in [0.5, 0.6) is 0 Å². The van der Waals surface area contributed by atoms with Crippen molar-refractivity contribution >= 4 is 28.5 Å². The van der Waals surface area contributed by atoms with E-state index in [1.165, 1.54) is 8.61 Å². The maximum Gasteiger partial charge on any atom is 0.282 e. The molecule has 2 fully saturated rings. The van der Waals surface area contributed by atoms with Crippen LogP contribution in [-0.4, -0.2) is 79.7 Å². The Bertz CT molecular complexity index is 486. The standard InChI is InChI=1S/C13H26N4O3S.ClH/c1-11(2)15(3)21(19,20)16-7-4-5-12(10-16)17-8-6-14-9-13(17)18;/h11-12,14H,4-10H2,1-3H3;1H. The number of nitrogens with zero attached hydrogens (tertiary/aromatic N) is 3. The van der Waals surface area contributed by atoms with Gasteiger partial charge in [0.1, 0.15) is 0 Å². The number of carbonyl (C=O) groups is 1. The van der Waals surface area contributed by atoms with Crippen LogP contribution >= 0.6 is 12.4 Å². The van der Waals surface area contributed by atoms with E-state index < -0.39 is 10.2 Å². The van der Waals surface area contributed by atoms with Crippen molar-refractivity contribution < 1.29 is 13.2 Å². The Labute approximate surface area is 139 Å². The Morgan fingerprint density at radius 3 is 2.59 bits per heavy atom. The average molecular weight is 355 g/mol. The lowest BCUT2D eigenvalue weighted by molar-refractivity contribution is -0.135. The van der Waals surface area contributed by atoms with Crippen molar-refractivity contribution in [3.05, 3.63) is 0 Å². The largest absolute Gasteiger partial charge is 0.336 e. The Balaban J connectivity index is 0.00000242. The molecule has 22 heavy (non-hydrogen) atoms. The quantitative estimate of drug-likeness (QED) is 0.764. The molecule has 2 rings (SSSR count). The van der Waals surface area contributed by atoms with E-state index in [2.05, 4.69) is 5.32 Å². The molecule has 0 spiro atoms. The van der Waals surface area contributed by atoms with Crippen LogP contribution in [0.4, 0.5) is 0 Å². The highest BCUT2D eigenvalue weighted by Crippen LogP contribution is 2.21.